The molecule has 0 aromatic heterocycles. The van der Waals surface area contributed by atoms with E-state index in [1.54, 1.807) is 0 Å². The summed E-state index contributed by atoms with van der Waals surface area (Å²) >= 11 is 0. The molecule has 9 N–H and O–H groups in total. The number of hydrogen-bond acceptors (Lipinski definition) is 13. The summed E-state index contributed by atoms with van der Waals surface area (Å²) in [5.41, 5.74) is 0. The molecule has 0 saturated carbocycles. The molecular weight excluding hydrogens is 1150 g/mol. The SMILES string of the molecule is CCCCCCC/C=C\C/C=C\CCCCCCCCCCCCCCCCCCCCCCCCCCCCCCCC(=O)NC(COC1OC(CO)C(OC2OC(CO)C(O)C(O)C2O)C(O)C1O)C(O)CCCCCCCCCCCCCCCCCC. The summed E-state index contributed by atoms with van der Waals surface area (Å²) < 4.78 is 22.9. The van der Waals surface area contributed by atoms with Gasteiger partial charge in [-0.2, -0.15) is 0 Å². The van der Waals surface area contributed by atoms with Crippen LogP contribution in [-0.2, 0) is 23.7 Å². The topological polar surface area (TPSA) is 228 Å². The molecule has 14 heteroatoms. The molecule has 538 valence electrons. The van der Waals surface area contributed by atoms with Gasteiger partial charge in [0.1, 0.15) is 48.8 Å². The summed E-state index contributed by atoms with van der Waals surface area (Å²) in [7, 11) is 0. The molecular formula is C77H147NO13. The number of aliphatic hydroxyl groups excluding tert-OH is 8. The van der Waals surface area contributed by atoms with Crippen LogP contribution in [-0.4, -0.2) is 140 Å². The average molecular weight is 1300 g/mol. The third-order valence-corrected chi connectivity index (χ3v) is 19.4. The van der Waals surface area contributed by atoms with Gasteiger partial charge in [-0.3, -0.25) is 4.79 Å². The zero-order valence-corrected chi connectivity index (χ0v) is 58.9. The maximum absolute atomic E-state index is 13.4. The minimum absolute atomic E-state index is 0.198. The van der Waals surface area contributed by atoms with Gasteiger partial charge in [0.15, 0.2) is 12.6 Å². The first-order chi connectivity index (χ1) is 44.6. The van der Waals surface area contributed by atoms with Gasteiger partial charge in [0.2, 0.25) is 5.91 Å². The maximum atomic E-state index is 13.4. The molecule has 2 rings (SSSR count). The van der Waals surface area contributed by atoms with Crippen molar-refractivity contribution in [2.75, 3.05) is 19.8 Å². The van der Waals surface area contributed by atoms with Crippen molar-refractivity contribution < 1.29 is 64.6 Å². The highest BCUT2D eigenvalue weighted by Crippen LogP contribution is 2.30. The number of aliphatic hydroxyl groups is 8. The summed E-state index contributed by atoms with van der Waals surface area (Å²) in [6.45, 7) is 2.90. The van der Waals surface area contributed by atoms with Crippen LogP contribution in [0.5, 0.6) is 0 Å². The van der Waals surface area contributed by atoms with Gasteiger partial charge in [0.05, 0.1) is 32.0 Å². The second-order valence-electron chi connectivity index (χ2n) is 27.8. The van der Waals surface area contributed by atoms with E-state index in [4.69, 9.17) is 18.9 Å². The van der Waals surface area contributed by atoms with E-state index in [1.807, 2.05) is 0 Å². The molecule has 0 aliphatic carbocycles. The van der Waals surface area contributed by atoms with Crippen LogP contribution in [0.25, 0.3) is 0 Å². The highest BCUT2D eigenvalue weighted by Gasteiger charge is 2.51. The maximum Gasteiger partial charge on any atom is 0.220 e. The average Bonchev–Trinajstić information content (AvgIpc) is 1.24. The van der Waals surface area contributed by atoms with Crippen LogP contribution in [0.2, 0.25) is 0 Å². The third kappa shape index (κ3) is 45.6. The lowest BCUT2D eigenvalue weighted by atomic mass is 9.97. The summed E-state index contributed by atoms with van der Waals surface area (Å²) in [6, 6.07) is -0.826. The molecule has 2 saturated heterocycles. The van der Waals surface area contributed by atoms with Crippen molar-refractivity contribution in [2.24, 2.45) is 0 Å². The molecule has 14 nitrogen and oxygen atoms in total. The fourth-order valence-electron chi connectivity index (χ4n) is 13.2. The normalized spacial score (nSPS) is 22.8. The van der Waals surface area contributed by atoms with Gasteiger partial charge < -0.3 is 65.1 Å². The Morgan fingerprint density at radius 3 is 1.10 bits per heavy atom. The molecule has 1 amide bonds. The molecule has 12 atom stereocenters. The van der Waals surface area contributed by atoms with Gasteiger partial charge in [-0.15, -0.1) is 0 Å². The lowest BCUT2D eigenvalue weighted by molar-refractivity contribution is -0.359. The molecule has 0 spiro atoms. The van der Waals surface area contributed by atoms with Crippen LogP contribution < -0.4 is 5.32 Å². The molecule has 2 fully saturated rings. The van der Waals surface area contributed by atoms with Crippen LogP contribution in [0.1, 0.15) is 367 Å². The van der Waals surface area contributed by atoms with E-state index in [1.165, 1.54) is 283 Å². The second-order valence-corrected chi connectivity index (χ2v) is 27.8. The van der Waals surface area contributed by atoms with Crippen molar-refractivity contribution in [3.63, 3.8) is 0 Å². The number of carbonyl (C=O) groups excluding carboxylic acids is 1. The predicted octanol–water partition coefficient (Wildman–Crippen LogP) is 17.1. The van der Waals surface area contributed by atoms with Crippen molar-refractivity contribution in [1.29, 1.82) is 0 Å². The van der Waals surface area contributed by atoms with Gasteiger partial charge in [-0.25, -0.2) is 0 Å². The van der Waals surface area contributed by atoms with Crippen LogP contribution in [0.4, 0.5) is 0 Å². The Labute approximate surface area is 558 Å². The molecule has 2 aliphatic rings. The molecule has 2 heterocycles. The quantitative estimate of drug-likeness (QED) is 0.0204. The lowest BCUT2D eigenvalue weighted by Gasteiger charge is -2.46. The molecule has 91 heavy (non-hydrogen) atoms. The number of rotatable bonds is 66. The van der Waals surface area contributed by atoms with Gasteiger partial charge in [0.25, 0.3) is 0 Å². The molecule has 0 aromatic rings. The van der Waals surface area contributed by atoms with Crippen molar-refractivity contribution in [1.82, 2.24) is 5.32 Å². The molecule has 0 radical (unpaired) electrons. The van der Waals surface area contributed by atoms with Gasteiger partial charge in [-0.1, -0.05) is 340 Å². The second kappa shape index (κ2) is 62.0. The zero-order valence-electron chi connectivity index (χ0n) is 58.9. The number of hydrogen-bond donors (Lipinski definition) is 9. The largest absolute Gasteiger partial charge is 0.394 e. The Bertz CT molecular complexity index is 1620. The summed E-state index contributed by atoms with van der Waals surface area (Å²) in [5, 5.41) is 87.6. The van der Waals surface area contributed by atoms with E-state index in [0.717, 1.165) is 57.8 Å². The number of nitrogens with one attached hydrogen (secondary N) is 1. The Kier molecular flexibility index (Phi) is 58.3. The number of amides is 1. The van der Waals surface area contributed by atoms with E-state index in [9.17, 15) is 45.6 Å². The third-order valence-electron chi connectivity index (χ3n) is 19.4. The first-order valence-corrected chi connectivity index (χ1v) is 39.1. The number of carbonyl (C=O) groups is 1. The number of ether oxygens (including phenoxy) is 4. The fraction of sp³-hybridized carbons (Fsp3) is 0.935. The fourth-order valence-corrected chi connectivity index (χ4v) is 13.2. The summed E-state index contributed by atoms with van der Waals surface area (Å²) in [6.07, 6.45) is 62.4. The Morgan fingerprint density at radius 1 is 0.396 bits per heavy atom. The van der Waals surface area contributed by atoms with E-state index in [-0.39, 0.29) is 12.5 Å². The lowest BCUT2D eigenvalue weighted by Crippen LogP contribution is -2.65. The van der Waals surface area contributed by atoms with Crippen molar-refractivity contribution in [3.05, 3.63) is 24.3 Å². The number of allylic oxidation sites excluding steroid dienone is 4. The first-order valence-electron chi connectivity index (χ1n) is 39.1. The van der Waals surface area contributed by atoms with Crippen molar-refractivity contribution >= 4 is 5.91 Å². The minimum Gasteiger partial charge on any atom is -0.394 e. The molecule has 2 aliphatic heterocycles. The van der Waals surface area contributed by atoms with E-state index in [0.29, 0.717) is 12.8 Å². The monoisotopic (exact) mass is 1290 g/mol. The molecule has 0 bridgehead atoms. The van der Waals surface area contributed by atoms with Crippen molar-refractivity contribution in [3.8, 4) is 0 Å². The Hall–Kier alpha value is -1.53. The van der Waals surface area contributed by atoms with Crippen molar-refractivity contribution in [2.45, 2.75) is 441 Å². The van der Waals surface area contributed by atoms with Gasteiger partial charge >= 0.3 is 0 Å². The van der Waals surface area contributed by atoms with E-state index >= 15 is 0 Å². The zero-order chi connectivity index (χ0) is 65.9. The Balaban J connectivity index is 1.52. The van der Waals surface area contributed by atoms with Crippen LogP contribution in [0.15, 0.2) is 24.3 Å². The standard InChI is InChI=1S/C77H147NO13/c1-3-5-7-9-11-13-15-17-19-21-22-23-24-25-26-27-28-29-30-31-32-33-34-35-36-37-38-39-40-41-42-43-44-45-47-49-51-53-55-57-59-61-69(82)78-65(66(81)60-58-56-54-52-50-48-46-20-18-16-14-12-10-8-6-4-2)64-88-76-74(87)72(85)75(68(63-80)90-76)91-77-73(86)71(84)70(83)67(62-79)89-77/h15,17,21-22,65-68,70-77,79-81,83-87H,3-14,16,18-20,23-64H2,1-2H3,(H,78,82)/b17-15-,22-21-. The first kappa shape index (κ1) is 85.6. The van der Waals surface area contributed by atoms with E-state index in [2.05, 4.69) is 43.5 Å². The van der Waals surface area contributed by atoms with Crippen LogP contribution in [0.3, 0.4) is 0 Å². The van der Waals surface area contributed by atoms with Crippen LogP contribution in [0, 0.1) is 0 Å². The minimum atomic E-state index is -1.78. The molecule has 12 unspecified atom stereocenters. The number of unbranched alkanes of at least 4 members (excludes halogenated alkanes) is 49. The van der Waals surface area contributed by atoms with E-state index < -0.39 is 86.8 Å². The highest BCUT2D eigenvalue weighted by molar-refractivity contribution is 5.76. The highest BCUT2D eigenvalue weighted by atomic mass is 16.7. The molecule has 0 aromatic carbocycles. The summed E-state index contributed by atoms with van der Waals surface area (Å²) in [5.74, 6) is -0.198. The van der Waals surface area contributed by atoms with Gasteiger partial charge in [0, 0.05) is 6.42 Å². The Morgan fingerprint density at radius 2 is 0.725 bits per heavy atom. The van der Waals surface area contributed by atoms with Crippen LogP contribution >= 0.6 is 0 Å². The smallest absolute Gasteiger partial charge is 0.220 e. The van der Waals surface area contributed by atoms with Gasteiger partial charge in [-0.05, 0) is 44.9 Å². The predicted molar refractivity (Wildman–Crippen MR) is 374 cm³/mol. The summed E-state index contributed by atoms with van der Waals surface area (Å²) in [4.78, 5) is 13.4.